The van der Waals surface area contributed by atoms with E-state index in [0.717, 1.165) is 14.2 Å². The van der Waals surface area contributed by atoms with Crippen LogP contribution < -0.4 is 5.32 Å². The third kappa shape index (κ3) is 4.05. The first-order chi connectivity index (χ1) is 9.56. The van der Waals surface area contributed by atoms with Gasteiger partial charge in [0.05, 0.1) is 9.83 Å². The maximum absolute atomic E-state index is 11.9. The highest BCUT2D eigenvalue weighted by molar-refractivity contribution is 9.11. The molecule has 0 aliphatic heterocycles. The molecule has 0 saturated carbocycles. The van der Waals surface area contributed by atoms with Gasteiger partial charge >= 0.3 is 0 Å². The van der Waals surface area contributed by atoms with Gasteiger partial charge in [0.1, 0.15) is 0 Å². The van der Waals surface area contributed by atoms with Crippen LogP contribution in [0, 0.1) is 6.92 Å². The lowest BCUT2D eigenvalue weighted by atomic mass is 10.0. The Morgan fingerprint density at radius 1 is 1.30 bits per heavy atom. The summed E-state index contributed by atoms with van der Waals surface area (Å²) in [5.41, 5.74) is 2.33. The molecule has 0 saturated heterocycles. The lowest BCUT2D eigenvalue weighted by Crippen LogP contribution is -2.25. The molecular weight excluding hydrogens is 334 g/mol. The van der Waals surface area contributed by atoms with Gasteiger partial charge in [-0.15, -0.1) is 11.3 Å². The predicted octanol–water partition coefficient (Wildman–Crippen LogP) is 4.71. The van der Waals surface area contributed by atoms with Crippen LogP contribution in [0.15, 0.2) is 46.3 Å². The summed E-state index contributed by atoms with van der Waals surface area (Å²) in [7, 11) is 0. The summed E-state index contributed by atoms with van der Waals surface area (Å²) in [6, 6.07) is 12.0. The van der Waals surface area contributed by atoms with Crippen molar-refractivity contribution in [3.8, 4) is 0 Å². The first kappa shape index (κ1) is 15.0. The van der Waals surface area contributed by atoms with Crippen molar-refractivity contribution in [2.75, 3.05) is 0 Å². The lowest BCUT2D eigenvalue weighted by molar-refractivity contribution is -0.117. The first-order valence-electron chi connectivity index (χ1n) is 6.35. The van der Waals surface area contributed by atoms with Gasteiger partial charge < -0.3 is 5.32 Å². The smallest absolute Gasteiger partial charge is 0.244 e. The zero-order valence-corrected chi connectivity index (χ0v) is 13.8. The second-order valence-corrected chi connectivity index (χ2v) is 7.06. The fourth-order valence-electron chi connectivity index (χ4n) is 1.99. The summed E-state index contributed by atoms with van der Waals surface area (Å²) in [5.74, 6) is -0.0784. The molecular formula is C16H16BrNOS. The van der Waals surface area contributed by atoms with Crippen LogP contribution in [0.3, 0.4) is 0 Å². The van der Waals surface area contributed by atoms with E-state index >= 15 is 0 Å². The topological polar surface area (TPSA) is 29.1 Å². The third-order valence-electron chi connectivity index (χ3n) is 3.01. The highest BCUT2D eigenvalue weighted by atomic mass is 79.9. The van der Waals surface area contributed by atoms with Gasteiger partial charge in [-0.1, -0.05) is 24.3 Å². The van der Waals surface area contributed by atoms with Crippen molar-refractivity contribution >= 4 is 39.2 Å². The number of hydrogen-bond acceptors (Lipinski definition) is 2. The molecule has 104 valence electrons. The number of benzene rings is 1. The molecule has 2 nitrogen and oxygen atoms in total. The molecule has 0 bridgehead atoms. The Kier molecular flexibility index (Phi) is 5.15. The second kappa shape index (κ2) is 6.86. The Labute approximate surface area is 131 Å². The van der Waals surface area contributed by atoms with Crippen LogP contribution in [0.4, 0.5) is 0 Å². The van der Waals surface area contributed by atoms with Gasteiger partial charge in [0, 0.05) is 11.0 Å². The number of carbonyl (C=O) groups is 1. The van der Waals surface area contributed by atoms with Crippen LogP contribution in [0.25, 0.3) is 6.08 Å². The molecule has 1 amide bonds. The van der Waals surface area contributed by atoms with Crippen molar-refractivity contribution in [1.29, 1.82) is 0 Å². The highest BCUT2D eigenvalue weighted by Crippen LogP contribution is 2.23. The normalized spacial score (nSPS) is 12.6. The first-order valence-corrected chi connectivity index (χ1v) is 7.96. The molecule has 1 heterocycles. The van der Waals surface area contributed by atoms with E-state index in [1.807, 2.05) is 43.3 Å². The molecule has 1 aromatic carbocycles. The number of halogens is 1. The molecule has 0 radical (unpaired) electrons. The fourth-order valence-corrected chi connectivity index (χ4v) is 3.31. The maximum Gasteiger partial charge on any atom is 0.244 e. The molecule has 2 aromatic rings. The van der Waals surface area contributed by atoms with Crippen molar-refractivity contribution in [3.05, 3.63) is 62.3 Å². The van der Waals surface area contributed by atoms with Gasteiger partial charge in [0.2, 0.25) is 5.91 Å². The predicted molar refractivity (Wildman–Crippen MR) is 88.8 cm³/mol. The van der Waals surface area contributed by atoms with Crippen molar-refractivity contribution in [2.45, 2.75) is 19.9 Å². The number of rotatable bonds is 4. The van der Waals surface area contributed by atoms with Gasteiger partial charge in [-0.2, -0.15) is 0 Å². The van der Waals surface area contributed by atoms with Gasteiger partial charge in [-0.25, -0.2) is 0 Å². The number of hydrogen-bond donors (Lipinski definition) is 1. The van der Waals surface area contributed by atoms with Crippen LogP contribution >= 0.6 is 27.3 Å². The molecule has 20 heavy (non-hydrogen) atoms. The molecule has 0 fully saturated rings. The average Bonchev–Trinajstić information content (AvgIpc) is 2.82. The standard InChI is InChI=1S/C16H16BrNOS/c1-11-5-3-4-6-14(11)12(2)18-16(19)10-8-13-7-9-15(17)20-13/h3-10,12H,1-2H3,(H,18,19)/b10-8+. The van der Waals surface area contributed by atoms with E-state index in [1.54, 1.807) is 17.4 Å². The van der Waals surface area contributed by atoms with Crippen LogP contribution in [-0.4, -0.2) is 5.91 Å². The molecule has 1 aromatic heterocycles. The summed E-state index contributed by atoms with van der Waals surface area (Å²) in [4.78, 5) is 13.0. The van der Waals surface area contributed by atoms with Crippen LogP contribution in [0.2, 0.25) is 0 Å². The average molecular weight is 350 g/mol. The fraction of sp³-hybridized carbons (Fsp3) is 0.188. The van der Waals surface area contributed by atoms with Crippen LogP contribution in [-0.2, 0) is 4.79 Å². The highest BCUT2D eigenvalue weighted by Gasteiger charge is 2.09. The summed E-state index contributed by atoms with van der Waals surface area (Å²) in [6.07, 6.45) is 3.41. The second-order valence-electron chi connectivity index (χ2n) is 4.56. The number of amides is 1. The molecule has 4 heteroatoms. The van der Waals surface area contributed by atoms with E-state index in [9.17, 15) is 4.79 Å². The Morgan fingerprint density at radius 2 is 2.05 bits per heavy atom. The van der Waals surface area contributed by atoms with Crippen molar-refractivity contribution < 1.29 is 4.79 Å². The molecule has 1 N–H and O–H groups in total. The van der Waals surface area contributed by atoms with E-state index < -0.39 is 0 Å². The molecule has 2 rings (SSSR count). The van der Waals surface area contributed by atoms with E-state index in [-0.39, 0.29) is 11.9 Å². The zero-order valence-electron chi connectivity index (χ0n) is 11.4. The lowest BCUT2D eigenvalue weighted by Gasteiger charge is -2.15. The number of aryl methyl sites for hydroxylation is 1. The van der Waals surface area contributed by atoms with Crippen molar-refractivity contribution in [1.82, 2.24) is 5.32 Å². The van der Waals surface area contributed by atoms with E-state index in [4.69, 9.17) is 0 Å². The summed E-state index contributed by atoms with van der Waals surface area (Å²) >= 11 is 5.00. The molecule has 0 aliphatic carbocycles. The minimum atomic E-state index is -0.0784. The molecule has 0 aliphatic rings. The summed E-state index contributed by atoms with van der Waals surface area (Å²) in [6.45, 7) is 4.05. The number of thiophene rings is 1. The van der Waals surface area contributed by atoms with Crippen LogP contribution in [0.5, 0.6) is 0 Å². The maximum atomic E-state index is 11.9. The Balaban J connectivity index is 1.98. The van der Waals surface area contributed by atoms with Crippen LogP contribution in [0.1, 0.15) is 29.0 Å². The van der Waals surface area contributed by atoms with Gasteiger partial charge in [0.25, 0.3) is 0 Å². The summed E-state index contributed by atoms with van der Waals surface area (Å²) < 4.78 is 1.06. The number of nitrogens with one attached hydrogen (secondary N) is 1. The Hall–Kier alpha value is -1.39. The summed E-state index contributed by atoms with van der Waals surface area (Å²) in [5, 5.41) is 2.98. The van der Waals surface area contributed by atoms with Gasteiger partial charge in [0.15, 0.2) is 0 Å². The van der Waals surface area contributed by atoms with E-state index in [1.165, 1.54) is 5.56 Å². The largest absolute Gasteiger partial charge is 0.346 e. The molecule has 1 unspecified atom stereocenters. The van der Waals surface area contributed by atoms with E-state index in [0.29, 0.717) is 0 Å². The van der Waals surface area contributed by atoms with Gasteiger partial charge in [-0.3, -0.25) is 4.79 Å². The molecule has 1 atom stereocenters. The Morgan fingerprint density at radius 3 is 2.70 bits per heavy atom. The Bertz CT molecular complexity index is 633. The van der Waals surface area contributed by atoms with Crippen molar-refractivity contribution in [2.24, 2.45) is 0 Å². The van der Waals surface area contributed by atoms with E-state index in [2.05, 4.69) is 34.2 Å². The SMILES string of the molecule is Cc1ccccc1C(C)NC(=O)/C=C/c1ccc(Br)s1. The minimum Gasteiger partial charge on any atom is -0.346 e. The number of carbonyl (C=O) groups excluding carboxylic acids is 1. The van der Waals surface area contributed by atoms with Gasteiger partial charge in [-0.05, 0) is 59.1 Å². The minimum absolute atomic E-state index is 0.00317. The third-order valence-corrected chi connectivity index (χ3v) is 4.60. The quantitative estimate of drug-likeness (QED) is 0.795. The monoisotopic (exact) mass is 349 g/mol. The zero-order chi connectivity index (χ0) is 14.5. The van der Waals surface area contributed by atoms with Crippen molar-refractivity contribution in [3.63, 3.8) is 0 Å². The molecule has 0 spiro atoms.